The Morgan fingerprint density at radius 2 is 2.05 bits per heavy atom. The van der Waals surface area contributed by atoms with E-state index in [2.05, 4.69) is 10.0 Å². The third-order valence-corrected chi connectivity index (χ3v) is 4.90. The summed E-state index contributed by atoms with van der Waals surface area (Å²) in [4.78, 5) is -0.00969. The van der Waals surface area contributed by atoms with Gasteiger partial charge in [0.25, 0.3) is 0 Å². The molecule has 1 aromatic carbocycles. The summed E-state index contributed by atoms with van der Waals surface area (Å²) in [6.45, 7) is 3.87. The zero-order valence-corrected chi connectivity index (χ0v) is 11.8. The number of hydrogen-bond acceptors (Lipinski definition) is 3. The van der Waals surface area contributed by atoms with Gasteiger partial charge in [-0.05, 0) is 56.5 Å². The molecule has 6 heteroatoms. The van der Waals surface area contributed by atoms with Gasteiger partial charge in [-0.15, -0.1) is 0 Å². The lowest BCUT2D eigenvalue weighted by molar-refractivity contribution is 0.372. The normalized spacial score (nSPS) is 17.6. The molecule has 0 saturated carbocycles. The Bertz CT molecular complexity index is 540. The fourth-order valence-electron chi connectivity index (χ4n) is 2.14. The Morgan fingerprint density at radius 3 is 2.68 bits per heavy atom. The van der Waals surface area contributed by atoms with Crippen molar-refractivity contribution >= 4 is 10.0 Å². The van der Waals surface area contributed by atoms with E-state index >= 15 is 0 Å². The molecule has 0 radical (unpaired) electrons. The number of benzene rings is 1. The molecule has 1 fully saturated rings. The second-order valence-corrected chi connectivity index (χ2v) is 6.72. The number of hydrogen-bond donors (Lipinski definition) is 2. The van der Waals surface area contributed by atoms with E-state index < -0.39 is 15.8 Å². The maximum atomic E-state index is 13.4. The number of rotatable bonds is 4. The number of halogens is 1. The minimum Gasteiger partial charge on any atom is -0.317 e. The smallest absolute Gasteiger partial charge is 0.240 e. The SMILES string of the molecule is Cc1ccc(S(=O)(=O)NCC2CCNCC2)cc1F. The number of aryl methyl sites for hydroxylation is 1. The van der Waals surface area contributed by atoms with Gasteiger partial charge in [0.1, 0.15) is 5.82 Å². The van der Waals surface area contributed by atoms with Crippen LogP contribution < -0.4 is 10.0 Å². The van der Waals surface area contributed by atoms with Crippen molar-refractivity contribution in [3.63, 3.8) is 0 Å². The summed E-state index contributed by atoms with van der Waals surface area (Å²) in [5.41, 5.74) is 0.442. The quantitative estimate of drug-likeness (QED) is 0.880. The van der Waals surface area contributed by atoms with Crippen molar-refractivity contribution in [3.05, 3.63) is 29.6 Å². The lowest BCUT2D eigenvalue weighted by Gasteiger charge is -2.22. The van der Waals surface area contributed by atoms with Crippen molar-refractivity contribution in [2.45, 2.75) is 24.7 Å². The molecule has 19 heavy (non-hydrogen) atoms. The molecule has 0 atom stereocenters. The van der Waals surface area contributed by atoms with Crippen LogP contribution in [0, 0.1) is 18.7 Å². The van der Waals surface area contributed by atoms with Crippen LogP contribution in [-0.2, 0) is 10.0 Å². The molecule has 2 N–H and O–H groups in total. The van der Waals surface area contributed by atoms with E-state index in [4.69, 9.17) is 0 Å². The molecule has 106 valence electrons. The highest BCUT2D eigenvalue weighted by Crippen LogP contribution is 2.15. The van der Waals surface area contributed by atoms with Crippen molar-refractivity contribution in [1.29, 1.82) is 0 Å². The van der Waals surface area contributed by atoms with Gasteiger partial charge >= 0.3 is 0 Å². The zero-order chi connectivity index (χ0) is 13.9. The Kier molecular flexibility index (Phi) is 4.54. The molecule has 0 spiro atoms. The Morgan fingerprint density at radius 1 is 1.37 bits per heavy atom. The first kappa shape index (κ1) is 14.4. The summed E-state index contributed by atoms with van der Waals surface area (Å²) >= 11 is 0. The number of piperidine rings is 1. The van der Waals surface area contributed by atoms with Crippen molar-refractivity contribution in [1.82, 2.24) is 10.0 Å². The molecule has 0 aromatic heterocycles. The van der Waals surface area contributed by atoms with E-state index in [-0.39, 0.29) is 4.90 Å². The highest BCUT2D eigenvalue weighted by molar-refractivity contribution is 7.89. The van der Waals surface area contributed by atoms with Gasteiger partial charge in [-0.25, -0.2) is 17.5 Å². The molecule has 2 rings (SSSR count). The number of nitrogens with one attached hydrogen (secondary N) is 2. The Hall–Kier alpha value is -0.980. The molecule has 0 aliphatic carbocycles. The molecular weight excluding hydrogens is 267 g/mol. The van der Waals surface area contributed by atoms with Crippen LogP contribution in [0.2, 0.25) is 0 Å². The molecule has 1 aliphatic heterocycles. The molecule has 4 nitrogen and oxygen atoms in total. The van der Waals surface area contributed by atoms with Crippen molar-refractivity contribution < 1.29 is 12.8 Å². The van der Waals surface area contributed by atoms with E-state index in [1.807, 2.05) is 0 Å². The third-order valence-electron chi connectivity index (χ3n) is 3.47. The highest BCUT2D eigenvalue weighted by Gasteiger charge is 2.19. The molecule has 0 bridgehead atoms. The van der Waals surface area contributed by atoms with Gasteiger partial charge in [-0.2, -0.15) is 0 Å². The highest BCUT2D eigenvalue weighted by atomic mass is 32.2. The first-order valence-corrected chi connectivity index (χ1v) is 7.94. The standard InChI is InChI=1S/C13H19FN2O2S/c1-10-2-3-12(8-13(10)14)19(17,18)16-9-11-4-6-15-7-5-11/h2-3,8,11,15-16H,4-7,9H2,1H3. The van der Waals surface area contributed by atoms with E-state index in [1.54, 1.807) is 6.92 Å². The van der Waals surface area contributed by atoms with Crippen LogP contribution in [0.3, 0.4) is 0 Å². The predicted octanol–water partition coefficient (Wildman–Crippen LogP) is 1.41. The van der Waals surface area contributed by atoms with E-state index in [0.717, 1.165) is 32.0 Å². The zero-order valence-electron chi connectivity index (χ0n) is 10.9. The topological polar surface area (TPSA) is 58.2 Å². The van der Waals surface area contributed by atoms with Gasteiger partial charge in [0.2, 0.25) is 10.0 Å². The summed E-state index contributed by atoms with van der Waals surface area (Å²) in [5.74, 6) is -0.143. The first-order valence-electron chi connectivity index (χ1n) is 6.45. The molecule has 1 heterocycles. The van der Waals surface area contributed by atoms with Gasteiger partial charge in [-0.1, -0.05) is 6.07 Å². The van der Waals surface area contributed by atoms with Crippen molar-refractivity contribution in [2.75, 3.05) is 19.6 Å². The molecule has 0 unspecified atom stereocenters. The monoisotopic (exact) mass is 286 g/mol. The number of sulfonamides is 1. The Labute approximate surface area is 113 Å². The maximum absolute atomic E-state index is 13.4. The van der Waals surface area contributed by atoms with E-state index in [0.29, 0.717) is 18.0 Å². The van der Waals surface area contributed by atoms with Gasteiger partial charge in [0.05, 0.1) is 4.90 Å². The van der Waals surface area contributed by atoms with Crippen LogP contribution in [0.1, 0.15) is 18.4 Å². The molecule has 0 amide bonds. The third kappa shape index (κ3) is 3.75. The summed E-state index contributed by atoms with van der Waals surface area (Å²) in [6, 6.07) is 3.98. The van der Waals surface area contributed by atoms with Crippen LogP contribution in [0.4, 0.5) is 4.39 Å². The van der Waals surface area contributed by atoms with E-state index in [9.17, 15) is 12.8 Å². The minimum atomic E-state index is -3.61. The average molecular weight is 286 g/mol. The molecule has 1 saturated heterocycles. The van der Waals surface area contributed by atoms with Crippen LogP contribution >= 0.6 is 0 Å². The van der Waals surface area contributed by atoms with Crippen LogP contribution in [0.5, 0.6) is 0 Å². The van der Waals surface area contributed by atoms with Crippen molar-refractivity contribution in [2.24, 2.45) is 5.92 Å². The van der Waals surface area contributed by atoms with Gasteiger partial charge in [-0.3, -0.25) is 0 Å². The lowest BCUT2D eigenvalue weighted by Crippen LogP contribution is -2.36. The predicted molar refractivity (Wildman–Crippen MR) is 71.9 cm³/mol. The first-order chi connectivity index (χ1) is 8.99. The fraction of sp³-hybridized carbons (Fsp3) is 0.538. The summed E-state index contributed by atoms with van der Waals surface area (Å²) in [7, 11) is -3.61. The summed E-state index contributed by atoms with van der Waals surface area (Å²) < 4.78 is 40.1. The molecule has 1 aromatic rings. The second-order valence-electron chi connectivity index (χ2n) is 4.96. The Balaban J connectivity index is 2.02. The molecule has 1 aliphatic rings. The fourth-order valence-corrected chi connectivity index (χ4v) is 3.27. The lowest BCUT2D eigenvalue weighted by atomic mass is 9.99. The largest absolute Gasteiger partial charge is 0.317 e. The van der Waals surface area contributed by atoms with Crippen LogP contribution in [-0.4, -0.2) is 28.1 Å². The van der Waals surface area contributed by atoms with Gasteiger partial charge in [0.15, 0.2) is 0 Å². The van der Waals surface area contributed by atoms with E-state index in [1.165, 1.54) is 12.1 Å². The van der Waals surface area contributed by atoms with Crippen molar-refractivity contribution in [3.8, 4) is 0 Å². The second kappa shape index (κ2) is 5.98. The summed E-state index contributed by atoms with van der Waals surface area (Å²) in [6.07, 6.45) is 1.93. The van der Waals surface area contributed by atoms with Gasteiger partial charge in [0, 0.05) is 6.54 Å². The molecular formula is C13H19FN2O2S. The summed E-state index contributed by atoms with van der Waals surface area (Å²) in [5, 5.41) is 3.23. The maximum Gasteiger partial charge on any atom is 0.240 e. The van der Waals surface area contributed by atoms with Crippen LogP contribution in [0.25, 0.3) is 0 Å². The van der Waals surface area contributed by atoms with Gasteiger partial charge < -0.3 is 5.32 Å². The van der Waals surface area contributed by atoms with Crippen LogP contribution in [0.15, 0.2) is 23.1 Å². The minimum absolute atomic E-state index is 0.00969. The average Bonchev–Trinajstić information content (AvgIpc) is 2.41.